The highest BCUT2D eigenvalue weighted by atomic mass is 79.9. The first kappa shape index (κ1) is 23.1. The SMILES string of the molecule is Cc1cc2c(N3CCOC[C@@](C)(O)C3)nc(OC[C@@]34CCCN3C[C@H](F)C4)nc2c(F)c1Br. The highest BCUT2D eigenvalue weighted by Crippen LogP contribution is 2.41. The fraction of sp³-hybridized carbons (Fsp3) is 0.652. The van der Waals surface area contributed by atoms with Gasteiger partial charge in [-0.2, -0.15) is 9.97 Å². The second-order valence-electron chi connectivity index (χ2n) is 9.88. The minimum absolute atomic E-state index is 0.0560. The molecule has 10 heteroatoms. The molecule has 3 aliphatic rings. The van der Waals surface area contributed by atoms with Crippen molar-refractivity contribution in [2.45, 2.75) is 50.4 Å². The van der Waals surface area contributed by atoms with Gasteiger partial charge in [-0.25, -0.2) is 8.78 Å². The minimum Gasteiger partial charge on any atom is -0.461 e. The first-order chi connectivity index (χ1) is 15.7. The number of aliphatic hydroxyl groups is 1. The smallest absolute Gasteiger partial charge is 0.319 e. The molecule has 4 heterocycles. The molecule has 5 rings (SSSR count). The van der Waals surface area contributed by atoms with Gasteiger partial charge in [-0.15, -0.1) is 0 Å². The van der Waals surface area contributed by atoms with Crippen molar-refractivity contribution in [3.05, 3.63) is 21.9 Å². The zero-order chi connectivity index (χ0) is 23.4. The zero-order valence-corrected chi connectivity index (χ0v) is 20.5. The molecule has 1 N–H and O–H groups in total. The van der Waals surface area contributed by atoms with Crippen molar-refractivity contribution in [3.8, 4) is 6.01 Å². The van der Waals surface area contributed by atoms with Crippen LogP contribution in [0, 0.1) is 12.7 Å². The van der Waals surface area contributed by atoms with Gasteiger partial charge in [0.15, 0.2) is 5.82 Å². The molecule has 0 bridgehead atoms. The maximum absolute atomic E-state index is 15.3. The number of aryl methyl sites for hydroxylation is 1. The van der Waals surface area contributed by atoms with Gasteiger partial charge in [0.2, 0.25) is 0 Å². The predicted molar refractivity (Wildman–Crippen MR) is 124 cm³/mol. The molecule has 2 aromatic rings. The van der Waals surface area contributed by atoms with Crippen molar-refractivity contribution in [3.63, 3.8) is 0 Å². The molecule has 180 valence electrons. The summed E-state index contributed by atoms with van der Waals surface area (Å²) in [7, 11) is 0. The average molecular weight is 527 g/mol. The number of alkyl halides is 1. The molecule has 3 saturated heterocycles. The van der Waals surface area contributed by atoms with Gasteiger partial charge in [-0.3, -0.25) is 4.90 Å². The summed E-state index contributed by atoms with van der Waals surface area (Å²) in [5.41, 5.74) is -0.574. The second-order valence-corrected chi connectivity index (χ2v) is 10.7. The number of anilines is 1. The molecule has 7 nitrogen and oxygen atoms in total. The number of rotatable bonds is 4. The molecular weight excluding hydrogens is 498 g/mol. The number of β-amino-alcohol motifs (C(OH)–C–C–N with tert-alkyl or cyclic N) is 1. The summed E-state index contributed by atoms with van der Waals surface area (Å²) in [5.74, 6) is 0.00696. The van der Waals surface area contributed by atoms with Crippen LogP contribution >= 0.6 is 15.9 Å². The van der Waals surface area contributed by atoms with Gasteiger partial charge in [0, 0.05) is 24.9 Å². The lowest BCUT2D eigenvalue weighted by molar-refractivity contribution is -0.0123. The number of halogens is 3. The molecule has 1 aromatic heterocycles. The van der Waals surface area contributed by atoms with E-state index >= 15 is 4.39 Å². The maximum atomic E-state index is 15.3. The van der Waals surface area contributed by atoms with Crippen LogP contribution in [0.1, 0.15) is 31.7 Å². The average Bonchev–Trinajstić information content (AvgIpc) is 3.21. The van der Waals surface area contributed by atoms with E-state index in [-0.39, 0.29) is 36.8 Å². The number of hydrogen-bond acceptors (Lipinski definition) is 7. The van der Waals surface area contributed by atoms with Crippen LogP contribution < -0.4 is 9.64 Å². The Kier molecular flexibility index (Phi) is 5.99. The van der Waals surface area contributed by atoms with E-state index in [1.165, 1.54) is 0 Å². The molecule has 3 aliphatic heterocycles. The quantitative estimate of drug-likeness (QED) is 0.654. The summed E-state index contributed by atoms with van der Waals surface area (Å²) in [6.07, 6.45) is 1.43. The highest BCUT2D eigenvalue weighted by Gasteiger charge is 2.49. The highest BCUT2D eigenvalue weighted by molar-refractivity contribution is 9.10. The number of aromatic nitrogens is 2. The van der Waals surface area contributed by atoms with E-state index in [1.807, 2.05) is 17.9 Å². The van der Waals surface area contributed by atoms with E-state index in [4.69, 9.17) is 9.47 Å². The van der Waals surface area contributed by atoms with Crippen LogP contribution in [0.3, 0.4) is 0 Å². The van der Waals surface area contributed by atoms with Crippen LogP contribution in [0.15, 0.2) is 10.5 Å². The predicted octanol–water partition coefficient (Wildman–Crippen LogP) is 3.38. The fourth-order valence-corrected chi connectivity index (χ4v) is 5.73. The van der Waals surface area contributed by atoms with E-state index in [2.05, 4.69) is 30.8 Å². The van der Waals surface area contributed by atoms with Crippen molar-refractivity contribution in [1.82, 2.24) is 14.9 Å². The molecule has 0 aliphatic carbocycles. The van der Waals surface area contributed by atoms with E-state index in [0.29, 0.717) is 41.8 Å². The fourth-order valence-electron chi connectivity index (χ4n) is 5.43. The third-order valence-corrected chi connectivity index (χ3v) is 7.97. The van der Waals surface area contributed by atoms with Gasteiger partial charge < -0.3 is 19.5 Å². The van der Waals surface area contributed by atoms with Crippen molar-refractivity contribution < 1.29 is 23.4 Å². The van der Waals surface area contributed by atoms with Gasteiger partial charge in [0.05, 0.1) is 29.8 Å². The molecule has 0 radical (unpaired) electrons. The lowest BCUT2D eigenvalue weighted by Gasteiger charge is -2.31. The minimum atomic E-state index is -1.08. The lowest BCUT2D eigenvalue weighted by Crippen LogP contribution is -2.44. The Bertz CT molecular complexity index is 1070. The Morgan fingerprint density at radius 1 is 1.36 bits per heavy atom. The summed E-state index contributed by atoms with van der Waals surface area (Å²) in [4.78, 5) is 13.1. The Morgan fingerprint density at radius 3 is 3.00 bits per heavy atom. The Hall–Kier alpha value is -1.62. The normalized spacial score (nSPS) is 30.6. The Balaban J connectivity index is 1.54. The van der Waals surface area contributed by atoms with E-state index in [1.54, 1.807) is 6.92 Å². The molecule has 0 saturated carbocycles. The first-order valence-corrected chi connectivity index (χ1v) is 12.2. The van der Waals surface area contributed by atoms with Crippen molar-refractivity contribution >= 4 is 32.7 Å². The van der Waals surface area contributed by atoms with Gasteiger partial charge in [-0.1, -0.05) is 0 Å². The molecule has 0 unspecified atom stereocenters. The molecule has 0 amide bonds. The Labute approximate surface area is 200 Å². The summed E-state index contributed by atoms with van der Waals surface area (Å²) < 4.78 is 41.4. The topological polar surface area (TPSA) is 71.0 Å². The number of hydrogen-bond donors (Lipinski definition) is 1. The van der Waals surface area contributed by atoms with Crippen LogP contribution in [0.25, 0.3) is 10.9 Å². The van der Waals surface area contributed by atoms with E-state index < -0.39 is 17.6 Å². The van der Waals surface area contributed by atoms with Crippen LogP contribution in [0.4, 0.5) is 14.6 Å². The third kappa shape index (κ3) is 4.31. The van der Waals surface area contributed by atoms with Crippen molar-refractivity contribution in [1.29, 1.82) is 0 Å². The van der Waals surface area contributed by atoms with Gasteiger partial charge in [0.1, 0.15) is 29.7 Å². The zero-order valence-electron chi connectivity index (χ0n) is 18.9. The van der Waals surface area contributed by atoms with Crippen LogP contribution in [0.2, 0.25) is 0 Å². The maximum Gasteiger partial charge on any atom is 0.319 e. The molecular formula is C23H29BrF2N4O3. The molecule has 1 aromatic carbocycles. The summed E-state index contributed by atoms with van der Waals surface area (Å²) >= 11 is 3.31. The number of nitrogens with zero attached hydrogens (tertiary/aromatic N) is 4. The molecule has 33 heavy (non-hydrogen) atoms. The van der Waals surface area contributed by atoms with E-state index in [0.717, 1.165) is 24.9 Å². The van der Waals surface area contributed by atoms with Crippen molar-refractivity contribution in [2.75, 3.05) is 50.9 Å². The van der Waals surface area contributed by atoms with Crippen LogP contribution in [-0.4, -0.2) is 83.3 Å². The summed E-state index contributed by atoms with van der Waals surface area (Å²) in [5, 5.41) is 11.2. The largest absolute Gasteiger partial charge is 0.461 e. The Morgan fingerprint density at radius 2 is 2.18 bits per heavy atom. The van der Waals surface area contributed by atoms with Gasteiger partial charge >= 0.3 is 6.01 Å². The van der Waals surface area contributed by atoms with Gasteiger partial charge in [0.25, 0.3) is 0 Å². The summed E-state index contributed by atoms with van der Waals surface area (Å²) in [6.45, 7) is 6.43. The monoisotopic (exact) mass is 526 g/mol. The molecule has 3 fully saturated rings. The lowest BCUT2D eigenvalue weighted by atomic mass is 9.95. The number of ether oxygens (including phenoxy) is 2. The summed E-state index contributed by atoms with van der Waals surface area (Å²) in [6, 6.07) is 1.89. The standard InChI is InChI=1S/C23H29BrF2N4O3/c1-14-8-16-19(18(26)17(14)24)27-21(28-20(16)29-6-7-32-12-22(2,31)11-29)33-13-23-4-3-5-30(23)10-15(25)9-23/h8,15,31H,3-7,9-13H2,1-2H3/t15-,22+,23+/m1/s1. The number of benzene rings is 1. The molecule has 3 atom stereocenters. The molecule has 0 spiro atoms. The van der Waals surface area contributed by atoms with E-state index in [9.17, 15) is 9.50 Å². The van der Waals surface area contributed by atoms with Crippen LogP contribution in [-0.2, 0) is 4.74 Å². The van der Waals surface area contributed by atoms with Crippen LogP contribution in [0.5, 0.6) is 6.01 Å². The third-order valence-electron chi connectivity index (χ3n) is 6.99. The number of fused-ring (bicyclic) bond motifs is 2. The van der Waals surface area contributed by atoms with Gasteiger partial charge in [-0.05, 0) is 60.8 Å². The van der Waals surface area contributed by atoms with Crippen molar-refractivity contribution in [2.24, 2.45) is 0 Å². The second kappa shape index (κ2) is 8.55. The first-order valence-electron chi connectivity index (χ1n) is 11.4.